The van der Waals surface area contributed by atoms with Gasteiger partial charge >= 0.3 is 5.97 Å². The lowest BCUT2D eigenvalue weighted by Gasteiger charge is -2.19. The molecule has 1 aromatic rings. The van der Waals surface area contributed by atoms with E-state index in [-0.39, 0.29) is 5.11 Å². The highest BCUT2D eigenvalue weighted by atomic mass is 32.1. The van der Waals surface area contributed by atoms with Crippen molar-refractivity contribution in [2.75, 3.05) is 5.32 Å². The van der Waals surface area contributed by atoms with Gasteiger partial charge in [0.15, 0.2) is 11.2 Å². The number of thiocarbonyl (C=S) groups is 1. The van der Waals surface area contributed by atoms with Crippen LogP contribution in [0.15, 0.2) is 30.3 Å². The summed E-state index contributed by atoms with van der Waals surface area (Å²) >= 11 is 4.95. The quantitative estimate of drug-likeness (QED) is 0.595. The van der Waals surface area contributed by atoms with E-state index < -0.39 is 18.1 Å². The predicted molar refractivity (Wildman–Crippen MR) is 68.9 cm³/mol. The molecule has 0 unspecified atom stereocenters. The van der Waals surface area contributed by atoms with Crippen LogP contribution in [0.4, 0.5) is 5.69 Å². The molecular weight excluding hydrogens is 240 g/mol. The van der Waals surface area contributed by atoms with Crippen molar-refractivity contribution in [3.63, 3.8) is 0 Å². The van der Waals surface area contributed by atoms with E-state index in [1.165, 1.54) is 6.92 Å². The molecule has 1 aromatic carbocycles. The molecule has 6 heteroatoms. The fourth-order valence-corrected chi connectivity index (χ4v) is 1.46. The minimum atomic E-state index is -1.16. The second kappa shape index (κ2) is 6.17. The first-order chi connectivity index (χ1) is 8.00. The summed E-state index contributed by atoms with van der Waals surface area (Å²) < 4.78 is 0. The van der Waals surface area contributed by atoms with Gasteiger partial charge < -0.3 is 20.8 Å². The lowest BCUT2D eigenvalue weighted by Crippen LogP contribution is -2.49. The molecule has 0 heterocycles. The minimum absolute atomic E-state index is 0.157. The number of hydrogen-bond donors (Lipinski definition) is 4. The van der Waals surface area contributed by atoms with Crippen LogP contribution in [0.2, 0.25) is 0 Å². The average Bonchev–Trinajstić information content (AvgIpc) is 2.26. The molecule has 2 atom stereocenters. The Morgan fingerprint density at radius 2 is 1.94 bits per heavy atom. The summed E-state index contributed by atoms with van der Waals surface area (Å²) in [7, 11) is 0. The predicted octanol–water partition coefficient (Wildman–Crippen LogP) is 0.807. The number of carboxylic acid groups (broad SMARTS) is 1. The number of carboxylic acids is 1. The van der Waals surface area contributed by atoms with E-state index in [9.17, 15) is 9.90 Å². The SMILES string of the molecule is C[C@H](O)[C@@H](NC(=S)Nc1ccccc1)C(=O)O. The van der Waals surface area contributed by atoms with Crippen LogP contribution >= 0.6 is 12.2 Å². The van der Waals surface area contributed by atoms with Gasteiger partial charge in [0.1, 0.15) is 0 Å². The van der Waals surface area contributed by atoms with Crippen molar-refractivity contribution >= 4 is 29.0 Å². The number of aliphatic carboxylic acids is 1. The maximum Gasteiger partial charge on any atom is 0.328 e. The average molecular weight is 254 g/mol. The number of carbonyl (C=O) groups is 1. The van der Waals surface area contributed by atoms with Crippen molar-refractivity contribution in [2.45, 2.75) is 19.1 Å². The lowest BCUT2D eigenvalue weighted by molar-refractivity contribution is -0.141. The van der Waals surface area contributed by atoms with Crippen molar-refractivity contribution in [2.24, 2.45) is 0 Å². The molecule has 0 spiro atoms. The fraction of sp³-hybridized carbons (Fsp3) is 0.273. The Bertz CT molecular complexity index is 395. The van der Waals surface area contributed by atoms with Crippen LogP contribution in [-0.2, 0) is 4.79 Å². The van der Waals surface area contributed by atoms with Crippen molar-refractivity contribution < 1.29 is 15.0 Å². The summed E-state index contributed by atoms with van der Waals surface area (Å²) in [5.74, 6) is -1.16. The zero-order chi connectivity index (χ0) is 12.8. The fourth-order valence-electron chi connectivity index (χ4n) is 1.22. The first kappa shape index (κ1) is 13.4. The summed E-state index contributed by atoms with van der Waals surface area (Å²) in [5, 5.41) is 23.6. The molecule has 1 rings (SSSR count). The highest BCUT2D eigenvalue weighted by Gasteiger charge is 2.23. The number of aliphatic hydroxyl groups is 1. The number of para-hydroxylation sites is 1. The molecule has 0 aromatic heterocycles. The Morgan fingerprint density at radius 1 is 1.35 bits per heavy atom. The monoisotopic (exact) mass is 254 g/mol. The standard InChI is InChI=1S/C11H14N2O3S/c1-7(14)9(10(15)16)13-11(17)12-8-5-3-2-4-6-8/h2-7,9,14H,1H3,(H,15,16)(H2,12,13,17)/t7-,9+/m0/s1. The first-order valence-corrected chi connectivity index (χ1v) is 5.45. The Hall–Kier alpha value is -1.66. The van der Waals surface area contributed by atoms with Crippen LogP contribution in [0.25, 0.3) is 0 Å². The van der Waals surface area contributed by atoms with E-state index in [4.69, 9.17) is 17.3 Å². The molecule has 0 saturated carbocycles. The van der Waals surface area contributed by atoms with Gasteiger partial charge in [0, 0.05) is 5.69 Å². The third-order valence-electron chi connectivity index (χ3n) is 2.07. The van der Waals surface area contributed by atoms with Crippen molar-refractivity contribution in [1.29, 1.82) is 0 Å². The summed E-state index contributed by atoms with van der Waals surface area (Å²) in [5.41, 5.74) is 0.750. The van der Waals surface area contributed by atoms with Crippen LogP contribution in [0.3, 0.4) is 0 Å². The Morgan fingerprint density at radius 3 is 2.41 bits per heavy atom. The molecule has 0 aliphatic carbocycles. The molecule has 4 N–H and O–H groups in total. The van der Waals surface area contributed by atoms with E-state index >= 15 is 0 Å². The topological polar surface area (TPSA) is 81.6 Å². The molecule has 0 radical (unpaired) electrons. The van der Waals surface area contributed by atoms with Gasteiger partial charge in [-0.2, -0.15) is 0 Å². The van der Waals surface area contributed by atoms with Gasteiger partial charge in [0.2, 0.25) is 0 Å². The molecular formula is C11H14N2O3S. The number of rotatable bonds is 4. The zero-order valence-corrected chi connectivity index (χ0v) is 10.1. The van der Waals surface area contributed by atoms with E-state index in [1.807, 2.05) is 18.2 Å². The molecule has 0 aliphatic rings. The lowest BCUT2D eigenvalue weighted by atomic mass is 10.2. The number of nitrogens with one attached hydrogen (secondary N) is 2. The molecule has 17 heavy (non-hydrogen) atoms. The molecule has 0 amide bonds. The third kappa shape index (κ3) is 4.38. The number of benzene rings is 1. The second-order valence-corrected chi connectivity index (χ2v) is 3.93. The maximum atomic E-state index is 10.8. The number of anilines is 1. The smallest absolute Gasteiger partial charge is 0.328 e. The van der Waals surface area contributed by atoms with Crippen LogP contribution in [-0.4, -0.2) is 33.4 Å². The molecule has 0 saturated heterocycles. The van der Waals surface area contributed by atoms with Gasteiger partial charge in [-0.25, -0.2) is 4.79 Å². The van der Waals surface area contributed by atoms with Crippen molar-refractivity contribution in [1.82, 2.24) is 5.32 Å². The van der Waals surface area contributed by atoms with Crippen LogP contribution in [0.5, 0.6) is 0 Å². The second-order valence-electron chi connectivity index (χ2n) is 3.52. The largest absolute Gasteiger partial charge is 0.480 e. The Balaban J connectivity index is 2.57. The Kier molecular flexibility index (Phi) is 4.86. The summed E-state index contributed by atoms with van der Waals surface area (Å²) in [4.78, 5) is 10.8. The summed E-state index contributed by atoms with van der Waals surface area (Å²) in [6.45, 7) is 1.39. The summed E-state index contributed by atoms with van der Waals surface area (Å²) in [6.07, 6.45) is -1.04. The molecule has 92 valence electrons. The first-order valence-electron chi connectivity index (χ1n) is 5.04. The third-order valence-corrected chi connectivity index (χ3v) is 2.29. The van der Waals surface area contributed by atoms with Gasteiger partial charge in [0.25, 0.3) is 0 Å². The van der Waals surface area contributed by atoms with E-state index in [0.29, 0.717) is 0 Å². The van der Waals surface area contributed by atoms with Crippen molar-refractivity contribution in [3.05, 3.63) is 30.3 Å². The highest BCUT2D eigenvalue weighted by Crippen LogP contribution is 2.05. The van der Waals surface area contributed by atoms with Crippen molar-refractivity contribution in [3.8, 4) is 0 Å². The molecule has 0 bridgehead atoms. The maximum absolute atomic E-state index is 10.8. The van der Waals surface area contributed by atoms with Crippen LogP contribution in [0.1, 0.15) is 6.92 Å². The molecule has 0 aliphatic heterocycles. The van der Waals surface area contributed by atoms with Crippen LogP contribution < -0.4 is 10.6 Å². The van der Waals surface area contributed by atoms with E-state index in [1.54, 1.807) is 12.1 Å². The van der Waals surface area contributed by atoms with Gasteiger partial charge in [-0.3, -0.25) is 0 Å². The van der Waals surface area contributed by atoms with E-state index in [0.717, 1.165) is 5.69 Å². The van der Waals surface area contributed by atoms with Gasteiger partial charge in [-0.05, 0) is 31.3 Å². The van der Waals surface area contributed by atoms with Gasteiger partial charge in [-0.1, -0.05) is 18.2 Å². The Labute approximate surface area is 104 Å². The zero-order valence-electron chi connectivity index (χ0n) is 9.25. The minimum Gasteiger partial charge on any atom is -0.480 e. The van der Waals surface area contributed by atoms with Gasteiger partial charge in [-0.15, -0.1) is 0 Å². The summed E-state index contributed by atoms with van der Waals surface area (Å²) in [6, 6.07) is 7.98. The number of aliphatic hydroxyl groups excluding tert-OH is 1. The van der Waals surface area contributed by atoms with Gasteiger partial charge in [0.05, 0.1) is 6.10 Å². The van der Waals surface area contributed by atoms with E-state index in [2.05, 4.69) is 10.6 Å². The van der Waals surface area contributed by atoms with Crippen LogP contribution in [0, 0.1) is 0 Å². The number of hydrogen-bond acceptors (Lipinski definition) is 3. The molecule has 5 nitrogen and oxygen atoms in total. The highest BCUT2D eigenvalue weighted by molar-refractivity contribution is 7.80. The normalized spacial score (nSPS) is 13.5. The molecule has 0 fully saturated rings.